The number of hydrogen-bond acceptors (Lipinski definition) is 2. The lowest BCUT2D eigenvalue weighted by molar-refractivity contribution is 0.422. The highest BCUT2D eigenvalue weighted by Gasteiger charge is 2.32. The number of alkyl halides is 1. The third kappa shape index (κ3) is 4.22. The van der Waals surface area contributed by atoms with Gasteiger partial charge >= 0.3 is 0 Å². The molecule has 0 saturated heterocycles. The summed E-state index contributed by atoms with van der Waals surface area (Å²) in [6, 6.07) is 0. The smallest absolute Gasteiger partial charge is 0.212 e. The Morgan fingerprint density at radius 3 is 2.31 bits per heavy atom. The first-order valence-corrected chi connectivity index (χ1v) is 8.04. The lowest BCUT2D eigenvalue weighted by Crippen LogP contribution is -2.48. The molecule has 1 aliphatic rings. The van der Waals surface area contributed by atoms with Crippen LogP contribution in [0.15, 0.2) is 0 Å². The van der Waals surface area contributed by atoms with E-state index in [-0.39, 0.29) is 5.25 Å². The summed E-state index contributed by atoms with van der Waals surface area (Å²) in [4.78, 5) is 0. The van der Waals surface area contributed by atoms with Crippen LogP contribution >= 0.6 is 11.6 Å². The van der Waals surface area contributed by atoms with E-state index in [9.17, 15) is 8.42 Å². The molecule has 1 fully saturated rings. The molecule has 1 N–H and O–H groups in total. The Bertz CT molecular complexity index is 308. The quantitative estimate of drug-likeness (QED) is 0.779. The third-order valence-corrected chi connectivity index (χ3v) is 5.50. The van der Waals surface area contributed by atoms with Crippen molar-refractivity contribution in [2.45, 2.75) is 63.2 Å². The van der Waals surface area contributed by atoms with Gasteiger partial charge in [-0.1, -0.05) is 19.3 Å². The minimum atomic E-state index is -3.17. The van der Waals surface area contributed by atoms with E-state index in [1.165, 1.54) is 0 Å². The van der Waals surface area contributed by atoms with E-state index < -0.39 is 15.6 Å². The third-order valence-electron chi connectivity index (χ3n) is 3.13. The number of hydrogen-bond donors (Lipinski definition) is 1. The number of halogens is 1. The van der Waals surface area contributed by atoms with E-state index in [4.69, 9.17) is 11.6 Å². The summed E-state index contributed by atoms with van der Waals surface area (Å²) in [6.45, 7) is 3.77. The van der Waals surface area contributed by atoms with Crippen molar-refractivity contribution < 1.29 is 8.42 Å². The number of sulfonamides is 1. The van der Waals surface area contributed by atoms with E-state index in [2.05, 4.69) is 4.72 Å². The molecule has 0 spiro atoms. The number of rotatable bonds is 5. The van der Waals surface area contributed by atoms with E-state index in [0.29, 0.717) is 12.3 Å². The van der Waals surface area contributed by atoms with Crippen LogP contribution < -0.4 is 4.72 Å². The SMILES string of the molecule is CC(C)(CCCl)NS(=O)(=O)C1CCCCC1. The summed E-state index contributed by atoms with van der Waals surface area (Å²) in [5, 5.41) is -0.198. The van der Waals surface area contributed by atoms with Crippen LogP contribution in [-0.2, 0) is 10.0 Å². The van der Waals surface area contributed by atoms with Gasteiger partial charge in [0.05, 0.1) is 5.25 Å². The molecule has 0 radical (unpaired) electrons. The molecular formula is C11H22ClNO2S. The molecule has 1 rings (SSSR count). The Balaban J connectivity index is 2.63. The second-order valence-corrected chi connectivity index (χ2v) is 7.57. The Hall–Kier alpha value is 0.200. The van der Waals surface area contributed by atoms with Crippen LogP contribution in [0.25, 0.3) is 0 Å². The van der Waals surface area contributed by atoms with Crippen LogP contribution in [0.5, 0.6) is 0 Å². The highest BCUT2D eigenvalue weighted by molar-refractivity contribution is 7.90. The Kier molecular flexibility index (Phi) is 5.08. The van der Waals surface area contributed by atoms with Crippen molar-refractivity contribution in [3.8, 4) is 0 Å². The molecule has 1 saturated carbocycles. The van der Waals surface area contributed by atoms with Gasteiger partial charge in [-0.3, -0.25) is 0 Å². The largest absolute Gasteiger partial charge is 0.214 e. The van der Waals surface area contributed by atoms with Gasteiger partial charge in [0, 0.05) is 11.4 Å². The van der Waals surface area contributed by atoms with E-state index in [1.54, 1.807) is 0 Å². The summed E-state index contributed by atoms with van der Waals surface area (Å²) in [5.74, 6) is 0.472. The van der Waals surface area contributed by atoms with Gasteiger partial charge in [0.25, 0.3) is 0 Å². The average Bonchev–Trinajstić information content (AvgIpc) is 2.17. The first kappa shape index (κ1) is 14.3. The topological polar surface area (TPSA) is 46.2 Å². The van der Waals surface area contributed by atoms with Gasteiger partial charge in [-0.05, 0) is 33.1 Å². The maximum atomic E-state index is 12.1. The fraction of sp³-hybridized carbons (Fsp3) is 1.00. The van der Waals surface area contributed by atoms with E-state index >= 15 is 0 Å². The molecule has 1 aliphatic carbocycles. The van der Waals surface area contributed by atoms with Crippen molar-refractivity contribution in [2.75, 3.05) is 5.88 Å². The first-order chi connectivity index (χ1) is 7.37. The molecule has 0 aromatic carbocycles. The monoisotopic (exact) mass is 267 g/mol. The van der Waals surface area contributed by atoms with Crippen LogP contribution in [0, 0.1) is 0 Å². The molecule has 0 bridgehead atoms. The minimum absolute atomic E-state index is 0.198. The van der Waals surface area contributed by atoms with Crippen molar-refractivity contribution in [3.63, 3.8) is 0 Å². The van der Waals surface area contributed by atoms with E-state index in [1.807, 2.05) is 13.8 Å². The predicted molar refractivity (Wildman–Crippen MR) is 68.3 cm³/mol. The molecule has 5 heteroatoms. The zero-order valence-corrected chi connectivity index (χ0v) is 11.7. The lowest BCUT2D eigenvalue weighted by atomic mass is 10.0. The van der Waals surface area contributed by atoms with Gasteiger partial charge in [0.1, 0.15) is 0 Å². The fourth-order valence-electron chi connectivity index (χ4n) is 2.13. The van der Waals surface area contributed by atoms with Gasteiger partial charge in [-0.2, -0.15) is 0 Å². The Labute approximate surface area is 104 Å². The zero-order chi connectivity index (χ0) is 12.2. The second-order valence-electron chi connectivity index (χ2n) is 5.23. The fourth-order valence-corrected chi connectivity index (χ4v) is 4.60. The van der Waals surface area contributed by atoms with Gasteiger partial charge in [0.15, 0.2) is 0 Å². The predicted octanol–water partition coefficient (Wildman–Crippen LogP) is 2.65. The van der Waals surface area contributed by atoms with Crippen LogP contribution in [0.2, 0.25) is 0 Å². The van der Waals surface area contributed by atoms with Gasteiger partial charge in [-0.15, -0.1) is 11.6 Å². The molecule has 96 valence electrons. The van der Waals surface area contributed by atoms with Crippen LogP contribution in [-0.4, -0.2) is 25.1 Å². The van der Waals surface area contributed by atoms with Gasteiger partial charge < -0.3 is 0 Å². The Morgan fingerprint density at radius 1 is 1.25 bits per heavy atom. The molecular weight excluding hydrogens is 246 g/mol. The van der Waals surface area contributed by atoms with E-state index in [0.717, 1.165) is 32.1 Å². The average molecular weight is 268 g/mol. The van der Waals surface area contributed by atoms with Crippen molar-refractivity contribution in [3.05, 3.63) is 0 Å². The van der Waals surface area contributed by atoms with Gasteiger partial charge in [0.2, 0.25) is 10.0 Å². The van der Waals surface area contributed by atoms with Crippen molar-refractivity contribution in [2.24, 2.45) is 0 Å². The van der Waals surface area contributed by atoms with Crippen LogP contribution in [0.3, 0.4) is 0 Å². The summed E-state index contributed by atoms with van der Waals surface area (Å²) in [7, 11) is -3.17. The molecule has 0 aromatic rings. The molecule has 0 aliphatic heterocycles. The van der Waals surface area contributed by atoms with Crippen molar-refractivity contribution >= 4 is 21.6 Å². The molecule has 0 amide bonds. The number of nitrogens with one attached hydrogen (secondary N) is 1. The molecule has 0 atom stereocenters. The first-order valence-electron chi connectivity index (χ1n) is 5.96. The maximum absolute atomic E-state index is 12.1. The molecule has 3 nitrogen and oxygen atoms in total. The highest BCUT2D eigenvalue weighted by Crippen LogP contribution is 2.24. The summed E-state index contributed by atoms with van der Waals surface area (Å²) >= 11 is 5.67. The molecule has 0 heterocycles. The maximum Gasteiger partial charge on any atom is 0.214 e. The standard InChI is InChI=1S/C11H22ClNO2S/c1-11(2,8-9-12)13-16(14,15)10-6-4-3-5-7-10/h10,13H,3-9H2,1-2H3. The summed E-state index contributed by atoms with van der Waals surface area (Å²) in [5.41, 5.74) is -0.433. The Morgan fingerprint density at radius 2 is 1.81 bits per heavy atom. The zero-order valence-electron chi connectivity index (χ0n) is 10.1. The molecule has 16 heavy (non-hydrogen) atoms. The molecule has 0 aromatic heterocycles. The normalized spacial score (nSPS) is 19.9. The molecule has 0 unspecified atom stereocenters. The summed E-state index contributed by atoms with van der Waals surface area (Å²) < 4.78 is 27.0. The summed E-state index contributed by atoms with van der Waals surface area (Å²) in [6.07, 6.45) is 5.47. The van der Waals surface area contributed by atoms with Crippen molar-refractivity contribution in [1.82, 2.24) is 4.72 Å². The van der Waals surface area contributed by atoms with Crippen LogP contribution in [0.4, 0.5) is 0 Å². The van der Waals surface area contributed by atoms with Crippen molar-refractivity contribution in [1.29, 1.82) is 0 Å². The highest BCUT2D eigenvalue weighted by atomic mass is 35.5. The van der Waals surface area contributed by atoms with Gasteiger partial charge in [-0.25, -0.2) is 13.1 Å². The minimum Gasteiger partial charge on any atom is -0.212 e. The lowest BCUT2D eigenvalue weighted by Gasteiger charge is -2.29. The van der Waals surface area contributed by atoms with Crippen LogP contribution in [0.1, 0.15) is 52.4 Å². The second kappa shape index (κ2) is 5.69.